The highest BCUT2D eigenvalue weighted by Crippen LogP contribution is 2.33. The summed E-state index contributed by atoms with van der Waals surface area (Å²) in [6.07, 6.45) is 3.24. The number of sulfone groups is 1. The van der Waals surface area contributed by atoms with Crippen molar-refractivity contribution in [1.82, 2.24) is 4.98 Å². The van der Waals surface area contributed by atoms with E-state index in [1.807, 2.05) is 19.1 Å². The number of aromatic nitrogens is 1. The molecule has 148 valence electrons. The summed E-state index contributed by atoms with van der Waals surface area (Å²) < 4.78 is 35.7. The molecule has 0 amide bonds. The maximum Gasteiger partial charge on any atom is 0.161 e. The first-order valence-corrected chi connectivity index (χ1v) is 11.3. The molecule has 27 heavy (non-hydrogen) atoms. The third kappa shape index (κ3) is 6.19. The number of benzene rings is 1. The topological polar surface area (TPSA) is 85.7 Å². The van der Waals surface area contributed by atoms with Gasteiger partial charge in [0, 0.05) is 34.1 Å². The van der Waals surface area contributed by atoms with Gasteiger partial charge in [0.2, 0.25) is 0 Å². The third-order valence-corrected chi connectivity index (χ3v) is 5.54. The molecule has 0 fully saturated rings. The van der Waals surface area contributed by atoms with Gasteiger partial charge < -0.3 is 14.6 Å². The van der Waals surface area contributed by atoms with Crippen LogP contribution in [0.25, 0.3) is 0 Å². The van der Waals surface area contributed by atoms with Gasteiger partial charge >= 0.3 is 0 Å². The Morgan fingerprint density at radius 2 is 2.00 bits per heavy atom. The van der Waals surface area contributed by atoms with E-state index >= 15 is 0 Å². The Labute approximate surface area is 168 Å². The van der Waals surface area contributed by atoms with Crippen molar-refractivity contribution in [3.8, 4) is 11.5 Å². The predicted molar refractivity (Wildman–Crippen MR) is 108 cm³/mol. The van der Waals surface area contributed by atoms with Crippen molar-refractivity contribution >= 4 is 25.8 Å². The molecule has 0 aliphatic rings. The average Bonchev–Trinajstić information content (AvgIpc) is 2.61. The molecule has 0 spiro atoms. The Bertz CT molecular complexity index is 886. The van der Waals surface area contributed by atoms with Crippen molar-refractivity contribution in [2.45, 2.75) is 25.9 Å². The van der Waals surface area contributed by atoms with Crippen molar-refractivity contribution in [3.05, 3.63) is 51.8 Å². The maximum absolute atomic E-state index is 12.0. The van der Waals surface area contributed by atoms with E-state index in [4.69, 9.17) is 9.47 Å². The molecular weight excluding hydrogens is 434 g/mol. The van der Waals surface area contributed by atoms with E-state index in [1.165, 1.54) is 6.26 Å². The molecule has 6 nitrogen and oxygen atoms in total. The fraction of sp³-hybridized carbons (Fsp3) is 0.421. The largest absolute Gasteiger partial charge is 0.493 e. The van der Waals surface area contributed by atoms with Crippen LogP contribution in [0.5, 0.6) is 11.5 Å². The normalized spacial score (nSPS) is 12.6. The van der Waals surface area contributed by atoms with Gasteiger partial charge in [-0.1, -0.05) is 6.07 Å². The van der Waals surface area contributed by atoms with Crippen molar-refractivity contribution in [2.75, 3.05) is 25.7 Å². The van der Waals surface area contributed by atoms with E-state index < -0.39 is 9.84 Å². The van der Waals surface area contributed by atoms with Crippen LogP contribution >= 0.6 is 15.9 Å². The molecule has 0 saturated carbocycles. The number of aliphatic hydroxyl groups excluding tert-OH is 1. The molecule has 1 N–H and O–H groups in total. The zero-order valence-corrected chi connectivity index (χ0v) is 18.0. The number of aliphatic hydroxyl groups is 1. The standard InChI is InChI=1S/C19H24BrNO5S/c1-4-26-19-9-13(5-6-18(19)25-2)15(12-27(3,23)24)8-17-14(11-22)7-16(20)10-21-17/h5-7,9-10,15,22H,4,8,11-12H2,1-3H3. The summed E-state index contributed by atoms with van der Waals surface area (Å²) in [4.78, 5) is 4.38. The van der Waals surface area contributed by atoms with Crippen molar-refractivity contribution < 1.29 is 23.0 Å². The van der Waals surface area contributed by atoms with Gasteiger partial charge in [0.05, 0.1) is 26.1 Å². The summed E-state index contributed by atoms with van der Waals surface area (Å²) in [6.45, 7) is 2.18. The minimum absolute atomic E-state index is 0.0342. The van der Waals surface area contributed by atoms with Crippen LogP contribution in [0.1, 0.15) is 29.7 Å². The highest BCUT2D eigenvalue weighted by Gasteiger charge is 2.22. The number of hydrogen-bond donors (Lipinski definition) is 1. The number of pyridine rings is 1. The van der Waals surface area contributed by atoms with Crippen LogP contribution in [0, 0.1) is 0 Å². The van der Waals surface area contributed by atoms with E-state index in [0.29, 0.717) is 35.8 Å². The van der Waals surface area contributed by atoms with Gasteiger partial charge in [-0.2, -0.15) is 0 Å². The zero-order chi connectivity index (χ0) is 20.0. The van der Waals surface area contributed by atoms with Crippen LogP contribution in [-0.4, -0.2) is 44.2 Å². The molecule has 1 aromatic heterocycles. The Morgan fingerprint density at radius 3 is 2.59 bits per heavy atom. The second-order valence-electron chi connectivity index (χ2n) is 6.25. The van der Waals surface area contributed by atoms with Crippen LogP contribution in [-0.2, 0) is 22.9 Å². The Kier molecular flexibility index (Phi) is 7.64. The number of rotatable bonds is 9. The lowest BCUT2D eigenvalue weighted by Gasteiger charge is -2.19. The number of halogens is 1. The lowest BCUT2D eigenvalue weighted by Crippen LogP contribution is -2.17. The number of hydrogen-bond acceptors (Lipinski definition) is 6. The smallest absolute Gasteiger partial charge is 0.161 e. The molecule has 1 unspecified atom stereocenters. The quantitative estimate of drug-likeness (QED) is 0.622. The monoisotopic (exact) mass is 457 g/mol. The van der Waals surface area contributed by atoms with Gasteiger partial charge in [0.25, 0.3) is 0 Å². The summed E-state index contributed by atoms with van der Waals surface area (Å²) in [5, 5.41) is 9.63. The Balaban J connectivity index is 2.45. The lowest BCUT2D eigenvalue weighted by molar-refractivity contribution is 0.279. The van der Waals surface area contributed by atoms with Gasteiger partial charge in [-0.3, -0.25) is 4.98 Å². The predicted octanol–water partition coefficient (Wildman–Crippen LogP) is 3.11. The molecule has 2 aromatic rings. The Morgan fingerprint density at radius 1 is 1.26 bits per heavy atom. The number of ether oxygens (including phenoxy) is 2. The Hall–Kier alpha value is -1.64. The van der Waals surface area contributed by atoms with Gasteiger partial charge in [0.1, 0.15) is 9.84 Å². The lowest BCUT2D eigenvalue weighted by atomic mass is 9.94. The van der Waals surface area contributed by atoms with Gasteiger partial charge in [-0.25, -0.2) is 8.42 Å². The van der Waals surface area contributed by atoms with Crippen molar-refractivity contribution in [2.24, 2.45) is 0 Å². The van der Waals surface area contributed by atoms with Crippen LogP contribution in [0.3, 0.4) is 0 Å². The molecule has 1 aromatic carbocycles. The highest BCUT2D eigenvalue weighted by molar-refractivity contribution is 9.10. The second kappa shape index (κ2) is 9.52. The molecule has 0 radical (unpaired) electrons. The van der Waals surface area contributed by atoms with Crippen LogP contribution < -0.4 is 9.47 Å². The number of methoxy groups -OCH3 is 1. The summed E-state index contributed by atoms with van der Waals surface area (Å²) in [7, 11) is -1.67. The summed E-state index contributed by atoms with van der Waals surface area (Å²) in [5.74, 6) is 0.802. The minimum atomic E-state index is -3.23. The zero-order valence-electron chi connectivity index (χ0n) is 15.6. The van der Waals surface area contributed by atoms with Gasteiger partial charge in [-0.15, -0.1) is 0 Å². The van der Waals surface area contributed by atoms with Crippen molar-refractivity contribution in [1.29, 1.82) is 0 Å². The summed E-state index contributed by atoms with van der Waals surface area (Å²) in [5.41, 5.74) is 2.16. The third-order valence-electron chi connectivity index (χ3n) is 4.10. The van der Waals surface area contributed by atoms with E-state index in [-0.39, 0.29) is 18.3 Å². The molecule has 0 saturated heterocycles. The minimum Gasteiger partial charge on any atom is -0.493 e. The van der Waals surface area contributed by atoms with E-state index in [0.717, 1.165) is 10.0 Å². The highest BCUT2D eigenvalue weighted by atomic mass is 79.9. The van der Waals surface area contributed by atoms with Gasteiger partial charge in [-0.05, 0) is 53.0 Å². The molecule has 0 aliphatic heterocycles. The van der Waals surface area contributed by atoms with Crippen LogP contribution in [0.2, 0.25) is 0 Å². The molecule has 0 aliphatic carbocycles. The molecule has 0 bridgehead atoms. The SMILES string of the molecule is CCOc1cc(C(Cc2ncc(Br)cc2CO)CS(C)(=O)=O)ccc1OC. The van der Waals surface area contributed by atoms with E-state index in [1.54, 1.807) is 25.4 Å². The molecule has 2 rings (SSSR count). The average molecular weight is 458 g/mol. The van der Waals surface area contributed by atoms with E-state index in [9.17, 15) is 13.5 Å². The first-order chi connectivity index (χ1) is 12.8. The van der Waals surface area contributed by atoms with E-state index in [2.05, 4.69) is 20.9 Å². The number of nitrogens with zero attached hydrogens (tertiary/aromatic N) is 1. The van der Waals surface area contributed by atoms with Crippen molar-refractivity contribution in [3.63, 3.8) is 0 Å². The molecule has 8 heteroatoms. The summed E-state index contributed by atoms with van der Waals surface area (Å²) in [6, 6.07) is 7.22. The van der Waals surface area contributed by atoms with Crippen LogP contribution in [0.4, 0.5) is 0 Å². The summed E-state index contributed by atoms with van der Waals surface area (Å²) >= 11 is 3.34. The fourth-order valence-corrected chi connectivity index (χ4v) is 4.34. The van der Waals surface area contributed by atoms with Crippen LogP contribution in [0.15, 0.2) is 34.9 Å². The fourth-order valence-electron chi connectivity index (χ4n) is 2.92. The molecule has 1 atom stereocenters. The second-order valence-corrected chi connectivity index (χ2v) is 9.35. The first-order valence-electron chi connectivity index (χ1n) is 8.50. The maximum atomic E-state index is 12.0. The first kappa shape index (κ1) is 21.7. The molecular formula is C19H24BrNO5S. The molecule has 1 heterocycles. The van der Waals surface area contributed by atoms with Gasteiger partial charge in [0.15, 0.2) is 11.5 Å².